The largest absolute Gasteiger partial charge is 0.373 e. The second-order valence-corrected chi connectivity index (χ2v) is 8.76. The molecular formula is C14H22N2O3S2. The monoisotopic (exact) mass is 330 g/mol. The molecule has 0 amide bonds. The van der Waals surface area contributed by atoms with Crippen LogP contribution < -0.4 is 10.0 Å². The molecule has 2 saturated heterocycles. The van der Waals surface area contributed by atoms with Crippen LogP contribution in [0.2, 0.25) is 0 Å². The van der Waals surface area contributed by atoms with Crippen molar-refractivity contribution in [1.82, 2.24) is 10.0 Å². The molecule has 3 unspecified atom stereocenters. The first kappa shape index (κ1) is 15.4. The van der Waals surface area contributed by atoms with Crippen LogP contribution in [0, 0.1) is 0 Å². The number of thiophene rings is 1. The van der Waals surface area contributed by atoms with E-state index in [1.807, 2.05) is 19.2 Å². The van der Waals surface area contributed by atoms with E-state index in [4.69, 9.17) is 4.74 Å². The second-order valence-electron chi connectivity index (χ2n) is 6.08. The summed E-state index contributed by atoms with van der Waals surface area (Å²) in [6.45, 7) is 4.68. The van der Waals surface area contributed by atoms with Gasteiger partial charge in [-0.3, -0.25) is 0 Å². The minimum Gasteiger partial charge on any atom is -0.373 e. The van der Waals surface area contributed by atoms with E-state index >= 15 is 0 Å². The number of ether oxygens (including phenoxy) is 1. The highest BCUT2D eigenvalue weighted by Crippen LogP contribution is 2.35. The van der Waals surface area contributed by atoms with Crippen LogP contribution in [-0.2, 0) is 21.3 Å². The summed E-state index contributed by atoms with van der Waals surface area (Å²) in [6, 6.07) is 1.95. The lowest BCUT2D eigenvalue weighted by Gasteiger charge is -2.20. The van der Waals surface area contributed by atoms with Gasteiger partial charge in [0.05, 0.1) is 23.1 Å². The van der Waals surface area contributed by atoms with Gasteiger partial charge in [-0.2, -0.15) is 0 Å². The molecule has 0 aromatic carbocycles. The number of fused-ring (bicyclic) bond motifs is 2. The molecular weight excluding hydrogens is 308 g/mol. The van der Waals surface area contributed by atoms with Crippen molar-refractivity contribution >= 4 is 21.4 Å². The molecule has 2 bridgehead atoms. The summed E-state index contributed by atoms with van der Waals surface area (Å²) in [4.78, 5) is 1.27. The van der Waals surface area contributed by atoms with Crippen molar-refractivity contribution in [3.8, 4) is 0 Å². The fraction of sp³-hybridized carbons (Fsp3) is 0.714. The molecule has 2 N–H and O–H groups in total. The maximum absolute atomic E-state index is 12.6. The van der Waals surface area contributed by atoms with Crippen LogP contribution in [0.15, 0.2) is 16.3 Å². The van der Waals surface area contributed by atoms with Gasteiger partial charge in [0.15, 0.2) is 0 Å². The Morgan fingerprint density at radius 1 is 1.43 bits per heavy atom. The van der Waals surface area contributed by atoms with Crippen molar-refractivity contribution < 1.29 is 13.2 Å². The summed E-state index contributed by atoms with van der Waals surface area (Å²) in [7, 11) is -3.46. The third-order valence-corrected chi connectivity index (χ3v) is 6.70. The van der Waals surface area contributed by atoms with E-state index in [9.17, 15) is 8.42 Å². The minimum atomic E-state index is -3.46. The van der Waals surface area contributed by atoms with Crippen molar-refractivity contribution in [3.63, 3.8) is 0 Å². The molecule has 5 nitrogen and oxygen atoms in total. The van der Waals surface area contributed by atoms with E-state index in [-0.39, 0.29) is 18.2 Å². The average Bonchev–Trinajstić information content (AvgIpc) is 3.11. The molecule has 21 heavy (non-hydrogen) atoms. The Kier molecular flexibility index (Phi) is 4.38. The third-order valence-electron chi connectivity index (χ3n) is 4.08. The number of sulfonamides is 1. The molecule has 3 heterocycles. The zero-order valence-corrected chi connectivity index (χ0v) is 14.0. The van der Waals surface area contributed by atoms with Crippen molar-refractivity contribution in [2.24, 2.45) is 0 Å². The summed E-state index contributed by atoms with van der Waals surface area (Å²) in [6.07, 6.45) is 3.12. The summed E-state index contributed by atoms with van der Waals surface area (Å²) in [5.74, 6) is 0. The van der Waals surface area contributed by atoms with Crippen LogP contribution in [0.5, 0.6) is 0 Å². The smallest absolute Gasteiger partial charge is 0.242 e. The molecule has 2 aliphatic heterocycles. The maximum Gasteiger partial charge on any atom is 0.242 e. The van der Waals surface area contributed by atoms with Gasteiger partial charge in [0, 0.05) is 17.5 Å². The highest BCUT2D eigenvalue weighted by Gasteiger charge is 2.42. The number of hydrogen-bond acceptors (Lipinski definition) is 5. The van der Waals surface area contributed by atoms with Crippen LogP contribution in [0.1, 0.15) is 38.0 Å². The normalized spacial score (nSPS) is 28.6. The van der Waals surface area contributed by atoms with Crippen LogP contribution in [-0.4, -0.2) is 32.7 Å². The lowest BCUT2D eigenvalue weighted by molar-refractivity contribution is 0.0996. The number of hydrogen-bond donors (Lipinski definition) is 2. The molecule has 3 atom stereocenters. The molecule has 0 saturated carbocycles. The van der Waals surface area contributed by atoms with Gasteiger partial charge in [0.2, 0.25) is 10.0 Å². The van der Waals surface area contributed by atoms with Gasteiger partial charge in [0.25, 0.3) is 0 Å². The van der Waals surface area contributed by atoms with Gasteiger partial charge >= 0.3 is 0 Å². The first-order valence-electron chi connectivity index (χ1n) is 7.43. The molecule has 0 radical (unpaired) electrons. The lowest BCUT2D eigenvalue weighted by atomic mass is 9.96. The highest BCUT2D eigenvalue weighted by molar-refractivity contribution is 7.89. The molecule has 3 rings (SSSR count). The molecule has 0 aliphatic carbocycles. The Morgan fingerprint density at radius 2 is 2.24 bits per heavy atom. The predicted octanol–water partition coefficient (Wildman–Crippen LogP) is 1.84. The standard InChI is InChI=1S/C14H22N2O3S2/c1-9(2)15-8-13-14(5-6-20-13)21(17,18)16-11-7-10-3-4-12(11)19-10/h5-6,9-12,15-16H,3-4,7-8H2,1-2H3. The Labute approximate surface area is 130 Å². The molecule has 118 valence electrons. The van der Waals surface area contributed by atoms with Crippen molar-refractivity contribution in [1.29, 1.82) is 0 Å². The summed E-state index contributed by atoms with van der Waals surface area (Å²) < 4.78 is 33.8. The van der Waals surface area contributed by atoms with Gasteiger partial charge < -0.3 is 10.1 Å². The zero-order chi connectivity index (χ0) is 15.0. The topological polar surface area (TPSA) is 67.4 Å². The molecule has 2 aliphatic rings. The van der Waals surface area contributed by atoms with E-state index in [0.29, 0.717) is 17.5 Å². The lowest BCUT2D eigenvalue weighted by Crippen LogP contribution is -2.41. The van der Waals surface area contributed by atoms with E-state index < -0.39 is 10.0 Å². The minimum absolute atomic E-state index is 0.0562. The zero-order valence-electron chi connectivity index (χ0n) is 12.3. The molecule has 1 aromatic rings. The first-order chi connectivity index (χ1) is 9.95. The van der Waals surface area contributed by atoms with Gasteiger partial charge in [0.1, 0.15) is 0 Å². The third kappa shape index (κ3) is 3.32. The SMILES string of the molecule is CC(C)NCc1sccc1S(=O)(=O)NC1CC2CCC1O2. The van der Waals surface area contributed by atoms with Gasteiger partial charge in [-0.05, 0) is 30.7 Å². The Hall–Kier alpha value is -0.470. The summed E-state index contributed by atoms with van der Waals surface area (Å²) >= 11 is 1.48. The van der Waals surface area contributed by atoms with Crippen LogP contribution in [0.4, 0.5) is 0 Å². The highest BCUT2D eigenvalue weighted by atomic mass is 32.2. The summed E-state index contributed by atoms with van der Waals surface area (Å²) in [5.41, 5.74) is 0. The van der Waals surface area contributed by atoms with Crippen LogP contribution in [0.3, 0.4) is 0 Å². The predicted molar refractivity (Wildman–Crippen MR) is 82.9 cm³/mol. The van der Waals surface area contributed by atoms with Crippen molar-refractivity contribution in [2.75, 3.05) is 0 Å². The van der Waals surface area contributed by atoms with E-state index in [1.54, 1.807) is 6.07 Å². The Morgan fingerprint density at radius 3 is 2.86 bits per heavy atom. The first-order valence-corrected chi connectivity index (χ1v) is 9.79. The molecule has 1 aromatic heterocycles. The van der Waals surface area contributed by atoms with E-state index in [2.05, 4.69) is 10.0 Å². The molecule has 0 spiro atoms. The van der Waals surface area contributed by atoms with Crippen LogP contribution >= 0.6 is 11.3 Å². The van der Waals surface area contributed by atoms with E-state index in [0.717, 1.165) is 24.1 Å². The molecule has 7 heteroatoms. The van der Waals surface area contributed by atoms with E-state index in [1.165, 1.54) is 11.3 Å². The number of rotatable bonds is 6. The average molecular weight is 330 g/mol. The van der Waals surface area contributed by atoms with Crippen molar-refractivity contribution in [2.45, 2.75) is 68.8 Å². The Bertz CT molecular complexity index is 597. The fourth-order valence-electron chi connectivity index (χ4n) is 3.02. The van der Waals surface area contributed by atoms with Crippen molar-refractivity contribution in [3.05, 3.63) is 16.3 Å². The maximum atomic E-state index is 12.6. The Balaban J connectivity index is 1.71. The fourth-order valence-corrected chi connectivity index (χ4v) is 5.69. The number of nitrogens with one attached hydrogen (secondary N) is 2. The summed E-state index contributed by atoms with van der Waals surface area (Å²) in [5, 5.41) is 5.11. The molecule has 2 fully saturated rings. The van der Waals surface area contributed by atoms with Gasteiger partial charge in [-0.15, -0.1) is 11.3 Å². The quantitative estimate of drug-likeness (QED) is 0.835. The van der Waals surface area contributed by atoms with Gasteiger partial charge in [-0.1, -0.05) is 13.8 Å². The second kappa shape index (κ2) is 5.96. The van der Waals surface area contributed by atoms with Crippen LogP contribution in [0.25, 0.3) is 0 Å². The van der Waals surface area contributed by atoms with Gasteiger partial charge in [-0.25, -0.2) is 13.1 Å².